The highest BCUT2D eigenvalue weighted by Crippen LogP contribution is 2.39. The van der Waals surface area contributed by atoms with Crippen molar-refractivity contribution in [3.05, 3.63) is 28.8 Å². The number of nitrogens with zero attached hydrogens (tertiary/aromatic N) is 3. The number of hydrogen-bond donors (Lipinski definition) is 0. The number of benzene rings is 1. The van der Waals surface area contributed by atoms with Gasteiger partial charge in [-0.25, -0.2) is 13.6 Å². The van der Waals surface area contributed by atoms with Gasteiger partial charge in [0.2, 0.25) is 0 Å². The second-order valence-corrected chi connectivity index (χ2v) is 9.30. The summed E-state index contributed by atoms with van der Waals surface area (Å²) in [5.41, 5.74) is 1.65. The summed E-state index contributed by atoms with van der Waals surface area (Å²) in [6, 6.07) is 5.55. The Kier molecular flexibility index (Phi) is 4.89. The average Bonchev–Trinajstić information content (AvgIpc) is 2.64. The number of Topliss-reactive ketones (excluding diaryl/α,β-unsaturated/α-hetero) is 1. The van der Waals surface area contributed by atoms with Crippen LogP contribution in [0.5, 0.6) is 0 Å². The highest BCUT2D eigenvalue weighted by atomic mass is 35.5. The quantitative estimate of drug-likeness (QED) is 0.711. The molecule has 162 valence electrons. The number of likely N-dealkylation sites (tertiary alicyclic amines) is 2. The Morgan fingerprint density at radius 2 is 1.93 bits per heavy atom. The lowest BCUT2D eigenvalue weighted by atomic mass is 9.87. The van der Waals surface area contributed by atoms with Crippen molar-refractivity contribution in [3.8, 4) is 0 Å². The van der Waals surface area contributed by atoms with Gasteiger partial charge in [-0.05, 0) is 24.1 Å². The average molecular weight is 440 g/mol. The predicted octanol–water partition coefficient (Wildman–Crippen LogP) is 2.99. The number of ether oxygens (including phenoxy) is 1. The number of rotatable bonds is 2. The molecule has 4 fully saturated rings. The Labute approximate surface area is 178 Å². The largest absolute Gasteiger partial charge is 0.370 e. The lowest BCUT2D eigenvalue weighted by Crippen LogP contribution is -2.58. The molecule has 0 unspecified atom stereocenters. The lowest BCUT2D eigenvalue weighted by Gasteiger charge is -2.46. The van der Waals surface area contributed by atoms with Gasteiger partial charge in [0, 0.05) is 44.4 Å². The minimum Gasteiger partial charge on any atom is -0.370 e. The Bertz CT molecular complexity index is 869. The van der Waals surface area contributed by atoms with E-state index in [0.29, 0.717) is 43.3 Å². The normalized spacial score (nSPS) is 28.6. The molecule has 0 aromatic heterocycles. The van der Waals surface area contributed by atoms with E-state index in [2.05, 4.69) is 0 Å². The van der Waals surface area contributed by atoms with Crippen molar-refractivity contribution in [2.45, 2.75) is 30.8 Å². The summed E-state index contributed by atoms with van der Waals surface area (Å²) in [5, 5.41) is 0.469. The molecule has 0 bridgehead atoms. The van der Waals surface area contributed by atoms with Crippen molar-refractivity contribution in [2.24, 2.45) is 5.92 Å². The maximum atomic E-state index is 13.1. The molecule has 2 atom stereocenters. The van der Waals surface area contributed by atoms with Crippen molar-refractivity contribution in [2.75, 3.05) is 50.8 Å². The third-order valence-corrected chi connectivity index (χ3v) is 6.97. The van der Waals surface area contributed by atoms with Crippen LogP contribution in [0.4, 0.5) is 19.3 Å². The molecule has 30 heavy (non-hydrogen) atoms. The van der Waals surface area contributed by atoms with Crippen molar-refractivity contribution in [1.82, 2.24) is 9.80 Å². The molecule has 1 aromatic carbocycles. The summed E-state index contributed by atoms with van der Waals surface area (Å²) in [4.78, 5) is 29.7. The third-order valence-electron chi connectivity index (χ3n) is 6.66. The second kappa shape index (κ2) is 7.34. The second-order valence-electron chi connectivity index (χ2n) is 8.89. The van der Waals surface area contributed by atoms with Gasteiger partial charge < -0.3 is 19.4 Å². The number of hydrogen-bond acceptors (Lipinski definition) is 4. The Morgan fingerprint density at radius 1 is 1.17 bits per heavy atom. The molecule has 1 aromatic rings. The van der Waals surface area contributed by atoms with Crippen LogP contribution in [0.2, 0.25) is 5.02 Å². The number of halogens is 3. The van der Waals surface area contributed by atoms with Crippen LogP contribution < -0.4 is 4.90 Å². The molecule has 4 saturated heterocycles. The number of fused-ring (bicyclic) bond motifs is 1. The summed E-state index contributed by atoms with van der Waals surface area (Å²) in [6.07, 6.45) is 1.35. The van der Waals surface area contributed by atoms with E-state index in [1.807, 2.05) is 21.9 Å². The van der Waals surface area contributed by atoms with Gasteiger partial charge in [0.15, 0.2) is 5.78 Å². The maximum absolute atomic E-state index is 13.1. The van der Waals surface area contributed by atoms with Gasteiger partial charge in [-0.1, -0.05) is 17.7 Å². The number of carbonyl (C=O) groups is 2. The van der Waals surface area contributed by atoms with Crippen LogP contribution >= 0.6 is 11.6 Å². The number of carbonyl (C=O) groups excluding carboxylic acids is 2. The molecule has 2 amide bonds. The zero-order valence-corrected chi connectivity index (χ0v) is 17.3. The van der Waals surface area contributed by atoms with E-state index in [1.165, 1.54) is 0 Å². The molecule has 0 saturated carbocycles. The summed E-state index contributed by atoms with van der Waals surface area (Å²) in [6.45, 7) is 2.03. The molecule has 0 aliphatic carbocycles. The van der Waals surface area contributed by atoms with Gasteiger partial charge in [-0.3, -0.25) is 4.79 Å². The van der Waals surface area contributed by atoms with Crippen LogP contribution in [0.15, 0.2) is 18.2 Å². The smallest absolute Gasteiger partial charge is 0.320 e. The molecule has 0 spiro atoms. The van der Waals surface area contributed by atoms with Crippen molar-refractivity contribution >= 4 is 29.1 Å². The van der Waals surface area contributed by atoms with E-state index in [0.717, 1.165) is 12.0 Å². The maximum Gasteiger partial charge on any atom is 0.320 e. The first kappa shape index (κ1) is 20.0. The van der Waals surface area contributed by atoms with Crippen molar-refractivity contribution in [3.63, 3.8) is 0 Å². The first-order valence-corrected chi connectivity index (χ1v) is 10.8. The van der Waals surface area contributed by atoms with E-state index in [1.54, 1.807) is 11.0 Å². The fourth-order valence-electron chi connectivity index (χ4n) is 4.91. The standard InChI is InChI=1S/C21H24ClF2N3O3/c22-17-6-13(1-2-18(17)27-11-21(23,24)12-27)15-8-26(9-15)20(29)25-4-3-19-14(7-25)5-16(28)10-30-19/h1-2,6,14-15,19H,3-5,7-12H2/t14-,19+/m1/s1. The summed E-state index contributed by atoms with van der Waals surface area (Å²) < 4.78 is 31.8. The Morgan fingerprint density at radius 3 is 2.63 bits per heavy atom. The number of anilines is 1. The first-order valence-electron chi connectivity index (χ1n) is 10.4. The predicted molar refractivity (Wildman–Crippen MR) is 107 cm³/mol. The van der Waals surface area contributed by atoms with Gasteiger partial charge in [0.1, 0.15) is 6.61 Å². The zero-order chi connectivity index (χ0) is 21.0. The molecule has 0 N–H and O–H groups in total. The molecular weight excluding hydrogens is 416 g/mol. The van der Waals surface area contributed by atoms with Crippen molar-refractivity contribution < 1.29 is 23.1 Å². The number of amides is 2. The molecule has 9 heteroatoms. The lowest BCUT2D eigenvalue weighted by molar-refractivity contribution is -0.140. The monoisotopic (exact) mass is 439 g/mol. The molecule has 5 rings (SSSR count). The van der Waals surface area contributed by atoms with Gasteiger partial charge in [0.25, 0.3) is 5.92 Å². The van der Waals surface area contributed by atoms with E-state index >= 15 is 0 Å². The minimum atomic E-state index is -2.64. The van der Waals surface area contributed by atoms with Crippen LogP contribution in [-0.2, 0) is 9.53 Å². The van der Waals surface area contributed by atoms with Gasteiger partial charge in [-0.15, -0.1) is 0 Å². The molecular formula is C21H24ClF2N3O3. The summed E-state index contributed by atoms with van der Waals surface area (Å²) in [5.74, 6) is -2.24. The summed E-state index contributed by atoms with van der Waals surface area (Å²) in [7, 11) is 0. The SMILES string of the molecule is O=C1CO[C@H]2CCN(C(=O)N3CC(c4ccc(N5CC(F)(F)C5)c(Cl)c4)C3)C[C@H]2C1. The van der Waals surface area contributed by atoms with Crippen LogP contribution in [0, 0.1) is 5.92 Å². The molecule has 4 heterocycles. The number of piperidine rings is 1. The van der Waals surface area contributed by atoms with E-state index in [9.17, 15) is 18.4 Å². The van der Waals surface area contributed by atoms with E-state index in [4.69, 9.17) is 16.3 Å². The fraction of sp³-hybridized carbons (Fsp3) is 0.619. The minimum absolute atomic E-state index is 0.00764. The van der Waals surface area contributed by atoms with Gasteiger partial charge >= 0.3 is 6.03 Å². The van der Waals surface area contributed by atoms with Crippen LogP contribution in [0.3, 0.4) is 0 Å². The Balaban J connectivity index is 1.16. The first-order chi connectivity index (χ1) is 14.3. The highest BCUT2D eigenvalue weighted by molar-refractivity contribution is 6.33. The highest BCUT2D eigenvalue weighted by Gasteiger charge is 2.45. The van der Waals surface area contributed by atoms with Gasteiger partial charge in [0.05, 0.1) is 29.9 Å². The number of urea groups is 1. The van der Waals surface area contributed by atoms with E-state index < -0.39 is 5.92 Å². The molecule has 0 radical (unpaired) electrons. The third kappa shape index (κ3) is 3.64. The van der Waals surface area contributed by atoms with E-state index in [-0.39, 0.29) is 49.5 Å². The number of alkyl halides is 2. The van der Waals surface area contributed by atoms with Crippen molar-refractivity contribution in [1.29, 1.82) is 0 Å². The molecule has 6 nitrogen and oxygen atoms in total. The molecule has 4 aliphatic heterocycles. The summed E-state index contributed by atoms with van der Waals surface area (Å²) >= 11 is 6.34. The molecule has 4 aliphatic rings. The van der Waals surface area contributed by atoms with Gasteiger partial charge in [-0.2, -0.15) is 0 Å². The Hall–Kier alpha value is -1.93. The van der Waals surface area contributed by atoms with Crippen LogP contribution in [-0.4, -0.2) is 79.5 Å². The zero-order valence-electron chi connectivity index (χ0n) is 16.5. The van der Waals surface area contributed by atoms with Crippen LogP contribution in [0.1, 0.15) is 24.3 Å². The fourth-order valence-corrected chi connectivity index (χ4v) is 5.22. The van der Waals surface area contributed by atoms with Crippen LogP contribution in [0.25, 0.3) is 0 Å². The number of ketones is 1. The topological polar surface area (TPSA) is 53.1 Å².